The molecule has 0 unspecified atom stereocenters. The predicted octanol–water partition coefficient (Wildman–Crippen LogP) is 2.05. The predicted molar refractivity (Wildman–Crippen MR) is 82.6 cm³/mol. The minimum Gasteiger partial charge on any atom is -0.336 e. The zero-order valence-corrected chi connectivity index (χ0v) is 13.4. The van der Waals surface area contributed by atoms with Crippen LogP contribution in [0, 0.1) is 0 Å². The summed E-state index contributed by atoms with van der Waals surface area (Å²) in [5, 5.41) is 2.63. The summed E-state index contributed by atoms with van der Waals surface area (Å²) in [7, 11) is 0. The summed E-state index contributed by atoms with van der Waals surface area (Å²) in [4.78, 5) is 28.0. The molecule has 2 heterocycles. The van der Waals surface area contributed by atoms with Crippen LogP contribution in [0.25, 0.3) is 0 Å². The number of thiophene rings is 1. The summed E-state index contributed by atoms with van der Waals surface area (Å²) in [5.74, 6) is -0.169. The first-order valence-electron chi connectivity index (χ1n) is 6.26. The van der Waals surface area contributed by atoms with E-state index < -0.39 is 0 Å². The van der Waals surface area contributed by atoms with Crippen molar-refractivity contribution in [3.63, 3.8) is 0 Å². The number of carbonyl (C=O) groups is 2. The minimum absolute atomic E-state index is 0.169. The summed E-state index contributed by atoms with van der Waals surface area (Å²) in [6.07, 6.45) is 1.76. The van der Waals surface area contributed by atoms with Crippen molar-refractivity contribution in [2.24, 2.45) is 0 Å². The summed E-state index contributed by atoms with van der Waals surface area (Å²) in [6.45, 7) is 6.19. The standard InChI is InChI=1S/C13H16BrN3O2S/c1-2-6-16(8-10-3-4-11(14)20-10)9-12(18)17-7-5-15-13(17)19/h2-4H,1,5-9H2,(H,15,19). The summed E-state index contributed by atoms with van der Waals surface area (Å²) in [5.41, 5.74) is 0. The van der Waals surface area contributed by atoms with E-state index in [2.05, 4.69) is 27.8 Å². The number of hydrogen-bond donors (Lipinski definition) is 1. The van der Waals surface area contributed by atoms with E-state index in [9.17, 15) is 9.59 Å². The number of halogens is 1. The Hall–Kier alpha value is -1.18. The number of rotatable bonds is 6. The topological polar surface area (TPSA) is 52.7 Å². The molecule has 0 aromatic carbocycles. The fourth-order valence-corrected chi connectivity index (χ4v) is 3.54. The molecule has 7 heteroatoms. The van der Waals surface area contributed by atoms with Crippen LogP contribution in [0.3, 0.4) is 0 Å². The first-order valence-corrected chi connectivity index (χ1v) is 7.86. The third kappa shape index (κ3) is 3.91. The molecule has 3 amide bonds. The van der Waals surface area contributed by atoms with Crippen molar-refractivity contribution in [3.8, 4) is 0 Å². The van der Waals surface area contributed by atoms with Gasteiger partial charge in [0.15, 0.2) is 0 Å². The van der Waals surface area contributed by atoms with E-state index in [1.54, 1.807) is 17.4 Å². The summed E-state index contributed by atoms with van der Waals surface area (Å²) < 4.78 is 1.07. The average molecular weight is 358 g/mol. The first-order chi connectivity index (χ1) is 9.60. The number of imide groups is 1. The average Bonchev–Trinajstić information content (AvgIpc) is 2.98. The van der Waals surface area contributed by atoms with E-state index in [4.69, 9.17) is 0 Å². The molecule has 1 saturated heterocycles. The summed E-state index contributed by atoms with van der Waals surface area (Å²) in [6, 6.07) is 3.71. The second-order valence-corrected chi connectivity index (χ2v) is 6.99. The Bertz CT molecular complexity index is 517. The first kappa shape index (κ1) is 15.2. The highest BCUT2D eigenvalue weighted by Gasteiger charge is 2.27. The Morgan fingerprint density at radius 2 is 2.40 bits per heavy atom. The Morgan fingerprint density at radius 1 is 1.60 bits per heavy atom. The molecule has 5 nitrogen and oxygen atoms in total. The Balaban J connectivity index is 1.96. The smallest absolute Gasteiger partial charge is 0.324 e. The van der Waals surface area contributed by atoms with Crippen LogP contribution >= 0.6 is 27.3 Å². The molecule has 0 radical (unpaired) electrons. The molecule has 1 N–H and O–H groups in total. The van der Waals surface area contributed by atoms with Crippen LogP contribution < -0.4 is 5.32 Å². The van der Waals surface area contributed by atoms with Gasteiger partial charge < -0.3 is 5.32 Å². The number of nitrogens with one attached hydrogen (secondary N) is 1. The van der Waals surface area contributed by atoms with E-state index in [1.807, 2.05) is 17.0 Å². The van der Waals surface area contributed by atoms with Crippen LogP contribution in [0.2, 0.25) is 0 Å². The van der Waals surface area contributed by atoms with Crippen molar-refractivity contribution >= 4 is 39.2 Å². The molecule has 1 fully saturated rings. The third-order valence-corrected chi connectivity index (χ3v) is 4.52. The van der Waals surface area contributed by atoms with E-state index in [0.717, 1.165) is 8.66 Å². The van der Waals surface area contributed by atoms with Gasteiger partial charge >= 0.3 is 6.03 Å². The lowest BCUT2D eigenvalue weighted by Gasteiger charge is -2.21. The monoisotopic (exact) mass is 357 g/mol. The number of nitrogens with zero attached hydrogens (tertiary/aromatic N) is 2. The lowest BCUT2D eigenvalue weighted by Crippen LogP contribution is -2.41. The van der Waals surface area contributed by atoms with Crippen LogP contribution in [0.5, 0.6) is 0 Å². The van der Waals surface area contributed by atoms with Gasteiger partial charge in [0.25, 0.3) is 0 Å². The van der Waals surface area contributed by atoms with Gasteiger partial charge in [-0.3, -0.25) is 14.6 Å². The van der Waals surface area contributed by atoms with Crippen molar-refractivity contribution in [2.45, 2.75) is 6.54 Å². The van der Waals surface area contributed by atoms with Crippen molar-refractivity contribution in [3.05, 3.63) is 33.5 Å². The quantitative estimate of drug-likeness (QED) is 0.792. The molecular weight excluding hydrogens is 342 g/mol. The largest absolute Gasteiger partial charge is 0.336 e. The van der Waals surface area contributed by atoms with Gasteiger partial charge in [0.2, 0.25) is 5.91 Å². The SMILES string of the molecule is C=CCN(CC(=O)N1CCNC1=O)Cc1ccc(Br)s1. The number of amides is 3. The molecule has 1 aromatic heterocycles. The molecule has 0 atom stereocenters. The molecule has 1 aliphatic heterocycles. The normalized spacial score (nSPS) is 14.7. The van der Waals surface area contributed by atoms with Crippen LogP contribution in [-0.4, -0.2) is 47.9 Å². The van der Waals surface area contributed by atoms with Gasteiger partial charge in [0.05, 0.1) is 10.3 Å². The molecule has 1 aliphatic rings. The highest BCUT2D eigenvalue weighted by molar-refractivity contribution is 9.11. The molecule has 0 saturated carbocycles. The second-order valence-electron chi connectivity index (χ2n) is 4.44. The van der Waals surface area contributed by atoms with E-state index in [-0.39, 0.29) is 18.5 Å². The van der Waals surface area contributed by atoms with Crippen molar-refractivity contribution in [1.29, 1.82) is 0 Å². The fraction of sp³-hybridized carbons (Fsp3) is 0.385. The maximum atomic E-state index is 12.1. The molecular formula is C13H16BrN3O2S. The van der Waals surface area contributed by atoms with Crippen LogP contribution in [0.1, 0.15) is 4.88 Å². The van der Waals surface area contributed by atoms with Gasteiger partial charge in [-0.25, -0.2) is 4.79 Å². The molecule has 1 aromatic rings. The molecule has 20 heavy (non-hydrogen) atoms. The molecule has 108 valence electrons. The Kier molecular flexibility index (Phi) is 5.33. The molecule has 0 aliphatic carbocycles. The van der Waals surface area contributed by atoms with E-state index >= 15 is 0 Å². The molecule has 2 rings (SSSR count). The summed E-state index contributed by atoms with van der Waals surface area (Å²) >= 11 is 5.06. The zero-order valence-electron chi connectivity index (χ0n) is 11.0. The van der Waals surface area contributed by atoms with Gasteiger partial charge in [-0.2, -0.15) is 0 Å². The third-order valence-electron chi connectivity index (χ3n) is 2.91. The van der Waals surface area contributed by atoms with Gasteiger partial charge in [-0.1, -0.05) is 6.08 Å². The highest BCUT2D eigenvalue weighted by Crippen LogP contribution is 2.23. The molecule has 0 spiro atoms. The maximum absolute atomic E-state index is 12.1. The second kappa shape index (κ2) is 7.01. The Labute approximate surface area is 130 Å². The van der Waals surface area contributed by atoms with Crippen LogP contribution in [-0.2, 0) is 11.3 Å². The zero-order chi connectivity index (χ0) is 14.5. The Morgan fingerprint density at radius 3 is 2.95 bits per heavy atom. The molecule has 0 bridgehead atoms. The van der Waals surface area contributed by atoms with Gasteiger partial charge in [-0.15, -0.1) is 17.9 Å². The van der Waals surface area contributed by atoms with Gasteiger partial charge in [0, 0.05) is 31.1 Å². The minimum atomic E-state index is -0.299. The van der Waals surface area contributed by atoms with Crippen LogP contribution in [0.4, 0.5) is 4.79 Å². The van der Waals surface area contributed by atoms with E-state index in [0.29, 0.717) is 26.2 Å². The number of hydrogen-bond acceptors (Lipinski definition) is 4. The van der Waals surface area contributed by atoms with E-state index in [1.165, 1.54) is 4.90 Å². The lowest BCUT2D eigenvalue weighted by atomic mass is 10.3. The van der Waals surface area contributed by atoms with Crippen molar-refractivity contribution in [2.75, 3.05) is 26.2 Å². The lowest BCUT2D eigenvalue weighted by molar-refractivity contribution is -0.128. The highest BCUT2D eigenvalue weighted by atomic mass is 79.9. The fourth-order valence-electron chi connectivity index (χ4n) is 2.01. The van der Waals surface area contributed by atoms with Crippen molar-refractivity contribution < 1.29 is 9.59 Å². The maximum Gasteiger partial charge on any atom is 0.324 e. The van der Waals surface area contributed by atoms with Gasteiger partial charge in [0.1, 0.15) is 0 Å². The number of carbonyl (C=O) groups excluding carboxylic acids is 2. The number of urea groups is 1. The van der Waals surface area contributed by atoms with Crippen LogP contribution in [0.15, 0.2) is 28.6 Å². The van der Waals surface area contributed by atoms with Gasteiger partial charge in [-0.05, 0) is 28.1 Å². The van der Waals surface area contributed by atoms with Crippen molar-refractivity contribution in [1.82, 2.24) is 15.1 Å².